The van der Waals surface area contributed by atoms with Gasteiger partial charge < -0.3 is 9.84 Å². The first-order chi connectivity index (χ1) is 8.94. The van der Waals surface area contributed by atoms with Crippen molar-refractivity contribution in [2.45, 2.75) is 23.6 Å². The van der Waals surface area contributed by atoms with Gasteiger partial charge in [-0.2, -0.15) is 0 Å². The number of rotatable bonds is 5. The first-order valence-corrected chi connectivity index (χ1v) is 8.15. The zero-order valence-electron chi connectivity index (χ0n) is 10.3. The fourth-order valence-corrected chi connectivity index (χ4v) is 4.44. The Hall–Kier alpha value is -0.960. The molecule has 0 bridgehead atoms. The van der Waals surface area contributed by atoms with Gasteiger partial charge in [0, 0.05) is 4.88 Å². The Morgan fingerprint density at radius 1 is 1.53 bits per heavy atom. The molecule has 2 heterocycles. The molecule has 2 unspecified atom stereocenters. The topological polar surface area (TPSA) is 92.7 Å². The molecule has 1 fully saturated rings. The van der Waals surface area contributed by atoms with Gasteiger partial charge in [-0.3, -0.25) is 4.79 Å². The van der Waals surface area contributed by atoms with Crippen molar-refractivity contribution in [2.24, 2.45) is 5.92 Å². The molecule has 1 aromatic rings. The molecule has 0 aliphatic carbocycles. The highest BCUT2D eigenvalue weighted by Gasteiger charge is 2.37. The monoisotopic (exact) mass is 305 g/mol. The summed E-state index contributed by atoms with van der Waals surface area (Å²) in [5, 5.41) is 8.98. The number of carbonyl (C=O) groups is 1. The summed E-state index contributed by atoms with van der Waals surface area (Å²) in [5.41, 5.74) is 0. The standard InChI is InChI=1S/C11H15NO5S2/c1-2-7-3-4-10(18-7)19(15,16)12-9-6-17-5-8(9)11(13)14/h3-4,8-9,12H,2,5-6H2,1H3,(H,13,14). The third-order valence-corrected chi connectivity index (χ3v) is 6.17. The molecule has 0 amide bonds. The van der Waals surface area contributed by atoms with E-state index in [1.165, 1.54) is 17.4 Å². The highest BCUT2D eigenvalue weighted by atomic mass is 32.2. The minimum absolute atomic E-state index is 0.0349. The predicted octanol–water partition coefficient (Wildman–Crippen LogP) is 0.688. The summed E-state index contributed by atoms with van der Waals surface area (Å²) in [7, 11) is -3.67. The molecule has 0 saturated carbocycles. The van der Waals surface area contributed by atoms with Crippen LogP contribution in [0.4, 0.5) is 0 Å². The van der Waals surface area contributed by atoms with Crippen LogP contribution in [0.15, 0.2) is 16.3 Å². The highest BCUT2D eigenvalue weighted by Crippen LogP contribution is 2.23. The quantitative estimate of drug-likeness (QED) is 0.835. The van der Waals surface area contributed by atoms with Crippen molar-refractivity contribution in [3.05, 3.63) is 17.0 Å². The zero-order chi connectivity index (χ0) is 14.0. The fourth-order valence-electron chi connectivity index (χ4n) is 1.86. The predicted molar refractivity (Wildman–Crippen MR) is 69.8 cm³/mol. The van der Waals surface area contributed by atoms with Crippen LogP contribution in [0.25, 0.3) is 0 Å². The van der Waals surface area contributed by atoms with Crippen LogP contribution < -0.4 is 4.72 Å². The molecule has 1 aliphatic heterocycles. The van der Waals surface area contributed by atoms with Gasteiger partial charge in [0.1, 0.15) is 4.21 Å². The second-order valence-electron chi connectivity index (χ2n) is 4.28. The van der Waals surface area contributed by atoms with Gasteiger partial charge in [0.05, 0.1) is 25.2 Å². The number of thiophene rings is 1. The van der Waals surface area contributed by atoms with Crippen LogP contribution in [0.3, 0.4) is 0 Å². The van der Waals surface area contributed by atoms with E-state index in [1.54, 1.807) is 6.07 Å². The summed E-state index contributed by atoms with van der Waals surface area (Å²) in [6.07, 6.45) is 0.768. The van der Waals surface area contributed by atoms with Gasteiger partial charge in [0.2, 0.25) is 10.0 Å². The maximum absolute atomic E-state index is 12.1. The normalized spacial score (nSPS) is 23.6. The molecule has 2 N–H and O–H groups in total. The third kappa shape index (κ3) is 3.14. The molecule has 0 aromatic carbocycles. The Morgan fingerprint density at radius 2 is 2.26 bits per heavy atom. The van der Waals surface area contributed by atoms with Crippen molar-refractivity contribution in [3.63, 3.8) is 0 Å². The van der Waals surface area contributed by atoms with Gasteiger partial charge >= 0.3 is 5.97 Å². The molecule has 6 nitrogen and oxygen atoms in total. The lowest BCUT2D eigenvalue weighted by atomic mass is 10.1. The van der Waals surface area contributed by atoms with Crippen LogP contribution in [0.1, 0.15) is 11.8 Å². The number of nitrogens with one attached hydrogen (secondary N) is 1. The molecule has 8 heteroatoms. The number of aryl methyl sites for hydroxylation is 1. The maximum Gasteiger partial charge on any atom is 0.310 e. The van der Waals surface area contributed by atoms with E-state index in [4.69, 9.17) is 9.84 Å². The summed E-state index contributed by atoms with van der Waals surface area (Å²) in [6, 6.07) is 2.59. The molecule has 2 atom stereocenters. The summed E-state index contributed by atoms with van der Waals surface area (Å²) < 4.78 is 31.9. The SMILES string of the molecule is CCc1ccc(S(=O)(=O)NC2COCC2C(=O)O)s1. The van der Waals surface area contributed by atoms with Crippen LogP contribution >= 0.6 is 11.3 Å². The van der Waals surface area contributed by atoms with E-state index in [9.17, 15) is 13.2 Å². The number of carboxylic acids is 1. The van der Waals surface area contributed by atoms with Gasteiger partial charge in [0.15, 0.2) is 0 Å². The second-order valence-corrected chi connectivity index (χ2v) is 7.39. The number of sulfonamides is 1. The van der Waals surface area contributed by atoms with E-state index in [1.807, 2.05) is 6.92 Å². The minimum atomic E-state index is -3.67. The lowest BCUT2D eigenvalue weighted by Crippen LogP contribution is -2.42. The second kappa shape index (κ2) is 5.58. The summed E-state index contributed by atoms with van der Waals surface area (Å²) in [5.74, 6) is -1.88. The Kier molecular flexibility index (Phi) is 4.24. The van der Waals surface area contributed by atoms with Gasteiger partial charge in [0.25, 0.3) is 0 Å². The van der Waals surface area contributed by atoms with Crippen molar-refractivity contribution in [2.75, 3.05) is 13.2 Å². The van der Waals surface area contributed by atoms with E-state index < -0.39 is 28.0 Å². The molecule has 106 valence electrons. The first kappa shape index (κ1) is 14.4. The van der Waals surface area contributed by atoms with Gasteiger partial charge in [-0.15, -0.1) is 11.3 Å². The van der Waals surface area contributed by atoms with Crippen LogP contribution in [-0.2, 0) is 26.0 Å². The summed E-state index contributed by atoms with van der Waals surface area (Å²) in [4.78, 5) is 11.9. The first-order valence-electron chi connectivity index (χ1n) is 5.85. The van der Waals surface area contributed by atoms with Crippen molar-refractivity contribution < 1.29 is 23.1 Å². The van der Waals surface area contributed by atoms with Gasteiger partial charge in [-0.05, 0) is 18.6 Å². The summed E-state index contributed by atoms with van der Waals surface area (Å²) >= 11 is 1.19. The van der Waals surface area contributed by atoms with Crippen molar-refractivity contribution >= 4 is 27.3 Å². The summed E-state index contributed by atoms with van der Waals surface area (Å²) in [6.45, 7) is 2.07. The molecule has 1 saturated heterocycles. The van der Waals surface area contributed by atoms with Gasteiger partial charge in [-0.25, -0.2) is 13.1 Å². The van der Waals surface area contributed by atoms with Crippen LogP contribution in [0.5, 0.6) is 0 Å². The number of hydrogen-bond donors (Lipinski definition) is 2. The maximum atomic E-state index is 12.1. The van der Waals surface area contributed by atoms with Crippen LogP contribution in [-0.4, -0.2) is 38.7 Å². The average molecular weight is 305 g/mol. The van der Waals surface area contributed by atoms with Crippen molar-refractivity contribution in [3.8, 4) is 0 Å². The Bertz CT molecular complexity index is 565. The Balaban J connectivity index is 2.15. The van der Waals surface area contributed by atoms with E-state index in [0.717, 1.165) is 11.3 Å². The molecule has 19 heavy (non-hydrogen) atoms. The van der Waals surface area contributed by atoms with E-state index in [2.05, 4.69) is 4.72 Å². The van der Waals surface area contributed by atoms with Crippen molar-refractivity contribution in [1.82, 2.24) is 4.72 Å². The molecule has 1 aromatic heterocycles. The van der Waals surface area contributed by atoms with Crippen molar-refractivity contribution in [1.29, 1.82) is 0 Å². The molecule has 2 rings (SSSR count). The number of aliphatic carboxylic acids is 1. The minimum Gasteiger partial charge on any atom is -0.481 e. The van der Waals surface area contributed by atoms with Crippen LogP contribution in [0, 0.1) is 5.92 Å². The molecular weight excluding hydrogens is 290 g/mol. The van der Waals surface area contributed by atoms with E-state index >= 15 is 0 Å². The number of carboxylic acid groups (broad SMARTS) is 1. The Labute approximate surface area is 115 Å². The molecular formula is C11H15NO5S2. The molecule has 1 aliphatic rings. The molecule has 0 radical (unpaired) electrons. The van der Waals surface area contributed by atoms with Gasteiger partial charge in [-0.1, -0.05) is 6.92 Å². The fraction of sp³-hybridized carbons (Fsp3) is 0.545. The number of hydrogen-bond acceptors (Lipinski definition) is 5. The largest absolute Gasteiger partial charge is 0.481 e. The third-order valence-electron chi connectivity index (χ3n) is 2.95. The lowest BCUT2D eigenvalue weighted by molar-refractivity contribution is -0.142. The van der Waals surface area contributed by atoms with Crippen LogP contribution in [0.2, 0.25) is 0 Å². The van der Waals surface area contributed by atoms with E-state index in [-0.39, 0.29) is 17.4 Å². The number of ether oxygens (including phenoxy) is 1. The van der Waals surface area contributed by atoms with E-state index in [0.29, 0.717) is 0 Å². The zero-order valence-corrected chi connectivity index (χ0v) is 12.0. The smallest absolute Gasteiger partial charge is 0.310 e. The lowest BCUT2D eigenvalue weighted by Gasteiger charge is -2.14. The average Bonchev–Trinajstić information content (AvgIpc) is 2.95. The molecule has 0 spiro atoms. The highest BCUT2D eigenvalue weighted by molar-refractivity contribution is 7.91. The Morgan fingerprint density at radius 3 is 2.84 bits per heavy atom.